The minimum atomic E-state index is -2.60. The van der Waals surface area contributed by atoms with E-state index in [4.69, 9.17) is 4.42 Å². The molecule has 1 fully saturated rings. The van der Waals surface area contributed by atoms with Crippen molar-refractivity contribution in [2.75, 3.05) is 18.0 Å². The molecule has 1 amide bonds. The van der Waals surface area contributed by atoms with Crippen LogP contribution in [-0.4, -0.2) is 33.4 Å². The Bertz CT molecular complexity index is 1530. The Kier molecular flexibility index (Phi) is 7.67. The average Bonchev–Trinajstić information content (AvgIpc) is 3.68. The van der Waals surface area contributed by atoms with E-state index in [9.17, 15) is 23.1 Å². The van der Waals surface area contributed by atoms with Crippen molar-refractivity contribution in [1.29, 1.82) is 0 Å². The lowest BCUT2D eigenvalue weighted by Crippen LogP contribution is -2.26. The van der Waals surface area contributed by atoms with Crippen molar-refractivity contribution in [2.24, 2.45) is 0 Å². The fourth-order valence-electron chi connectivity index (χ4n) is 4.66. The van der Waals surface area contributed by atoms with Gasteiger partial charge in [0.2, 0.25) is 0 Å². The molecule has 5 rings (SSSR count). The summed E-state index contributed by atoms with van der Waals surface area (Å²) >= 11 is 0.875. The van der Waals surface area contributed by atoms with E-state index >= 15 is 0 Å². The van der Waals surface area contributed by atoms with Crippen LogP contribution in [0.2, 0.25) is 0 Å². The third-order valence-corrected chi connectivity index (χ3v) is 8.14. The van der Waals surface area contributed by atoms with Crippen LogP contribution in [0.4, 0.5) is 10.1 Å². The number of nitrogens with one attached hydrogen (secondary N) is 1. The number of fused-ring (bicyclic) bond motifs is 1. The molecule has 0 radical (unpaired) electrons. The zero-order valence-electron chi connectivity index (χ0n) is 20.5. The van der Waals surface area contributed by atoms with Crippen LogP contribution in [0.1, 0.15) is 45.8 Å². The molecule has 1 aromatic heterocycles. The fourth-order valence-corrected chi connectivity index (χ4v) is 5.68. The first-order chi connectivity index (χ1) is 18.3. The Balaban J connectivity index is 1.65. The minimum Gasteiger partial charge on any atom is -0.755 e. The number of hydrogen-bond donors (Lipinski definition) is 2. The first-order valence-electron chi connectivity index (χ1n) is 12.1. The summed E-state index contributed by atoms with van der Waals surface area (Å²) < 4.78 is 46.9. The van der Waals surface area contributed by atoms with Crippen LogP contribution < -0.4 is 9.62 Å². The molecule has 0 spiro atoms. The molecule has 38 heavy (non-hydrogen) atoms. The van der Waals surface area contributed by atoms with Crippen molar-refractivity contribution in [3.63, 3.8) is 0 Å². The first kappa shape index (κ1) is 26.6. The van der Waals surface area contributed by atoms with E-state index in [2.05, 4.69) is 21.2 Å². The summed E-state index contributed by atoms with van der Waals surface area (Å²) in [7, 11) is 1.53. The highest BCUT2D eigenvalue weighted by atomic mass is 79.9. The molecule has 3 aromatic carbocycles. The molecule has 10 heteroatoms. The van der Waals surface area contributed by atoms with Crippen LogP contribution >= 0.6 is 15.9 Å². The largest absolute Gasteiger partial charge is 0.755 e. The summed E-state index contributed by atoms with van der Waals surface area (Å²) in [6.45, 7) is 0.0607. The number of carbonyl (C=O) groups excluding carboxylic acids is 1. The molecule has 1 heterocycles. The summed E-state index contributed by atoms with van der Waals surface area (Å²) in [5.41, 5.74) is 4.17. The highest BCUT2D eigenvalue weighted by Gasteiger charge is 2.31. The van der Waals surface area contributed by atoms with Gasteiger partial charge in [0.15, 0.2) is 0 Å². The monoisotopic (exact) mass is 599 g/mol. The van der Waals surface area contributed by atoms with Crippen LogP contribution in [-0.2, 0) is 24.2 Å². The number of benzene rings is 3. The van der Waals surface area contributed by atoms with E-state index in [0.29, 0.717) is 34.2 Å². The van der Waals surface area contributed by atoms with Crippen molar-refractivity contribution in [1.82, 2.24) is 5.32 Å². The van der Waals surface area contributed by atoms with Gasteiger partial charge in [0, 0.05) is 46.4 Å². The lowest BCUT2D eigenvalue weighted by Gasteiger charge is -2.29. The second-order valence-electron chi connectivity index (χ2n) is 9.23. The lowest BCUT2D eigenvalue weighted by molar-refractivity contribution is 0.0964. The van der Waals surface area contributed by atoms with E-state index < -0.39 is 17.1 Å². The summed E-state index contributed by atoms with van der Waals surface area (Å²) in [5, 5.41) is 12.6. The number of halogens is 2. The summed E-state index contributed by atoms with van der Waals surface area (Å²) in [4.78, 5) is 13.0. The van der Waals surface area contributed by atoms with E-state index in [-0.39, 0.29) is 30.7 Å². The summed E-state index contributed by atoms with van der Waals surface area (Å²) in [6, 6.07) is 14.7. The van der Waals surface area contributed by atoms with E-state index in [1.165, 1.54) is 23.5 Å². The number of anilines is 1. The zero-order chi connectivity index (χ0) is 27.0. The van der Waals surface area contributed by atoms with Gasteiger partial charge >= 0.3 is 0 Å². The number of nitrogens with zero attached hydrogens (tertiary/aromatic N) is 1. The normalized spacial score (nSPS) is 14.0. The maximum atomic E-state index is 13.6. The van der Waals surface area contributed by atoms with Crippen molar-refractivity contribution in [3.05, 3.63) is 87.1 Å². The van der Waals surface area contributed by atoms with Crippen molar-refractivity contribution >= 4 is 49.8 Å². The maximum Gasteiger partial charge on any atom is 0.255 e. The first-order valence-corrected chi connectivity index (χ1v) is 14.0. The van der Waals surface area contributed by atoms with Gasteiger partial charge < -0.3 is 19.4 Å². The summed E-state index contributed by atoms with van der Waals surface area (Å²) in [5.74, 6) is -0.312. The molecule has 1 atom stereocenters. The molecule has 2 N–H and O–H groups in total. The summed E-state index contributed by atoms with van der Waals surface area (Å²) in [6.07, 6.45) is 2.26. The van der Waals surface area contributed by atoms with Gasteiger partial charge in [0.1, 0.15) is 17.2 Å². The minimum absolute atomic E-state index is 0.0235. The predicted octanol–water partition coefficient (Wildman–Crippen LogP) is 5.57. The molecule has 1 unspecified atom stereocenters. The van der Waals surface area contributed by atoms with Gasteiger partial charge in [-0.3, -0.25) is 13.3 Å². The van der Waals surface area contributed by atoms with Crippen LogP contribution in [0.15, 0.2) is 63.5 Å². The van der Waals surface area contributed by atoms with Gasteiger partial charge in [-0.05, 0) is 78.3 Å². The van der Waals surface area contributed by atoms with Crippen LogP contribution in [0, 0.1) is 5.82 Å². The molecule has 1 aliphatic carbocycles. The van der Waals surface area contributed by atoms with Crippen molar-refractivity contribution in [2.45, 2.75) is 31.7 Å². The van der Waals surface area contributed by atoms with Crippen molar-refractivity contribution < 1.29 is 27.5 Å². The molecule has 0 bridgehead atoms. The molecular formula is C28H25BrFN2O5S-. The quantitative estimate of drug-likeness (QED) is 0.244. The Hall–Kier alpha value is -3.05. The molecule has 1 saturated carbocycles. The number of rotatable bonds is 9. The van der Waals surface area contributed by atoms with E-state index in [1.807, 2.05) is 24.3 Å². The second kappa shape index (κ2) is 11.0. The van der Waals surface area contributed by atoms with Crippen molar-refractivity contribution in [3.8, 4) is 11.3 Å². The molecule has 0 aliphatic heterocycles. The maximum absolute atomic E-state index is 13.6. The smallest absolute Gasteiger partial charge is 0.255 e. The Morgan fingerprint density at radius 2 is 1.95 bits per heavy atom. The van der Waals surface area contributed by atoms with E-state index in [1.54, 1.807) is 18.2 Å². The standard InChI is InChI=1S/C28H26BrFN2O5S/c1-31-28(34)26-22-13-21(17-3-4-17)24(14-25(22)37-27(26)18-5-7-20(30)8-6-18)32(38(35)36)15-16-2-9-23(29)19(12-16)10-11-33/h2,5-9,12-14,17,33H,3-4,10-11,15H2,1H3,(H,31,34)(H,35,36)/p-1. The Morgan fingerprint density at radius 3 is 2.58 bits per heavy atom. The molecular weight excluding hydrogens is 575 g/mol. The zero-order valence-corrected chi connectivity index (χ0v) is 22.9. The van der Waals surface area contributed by atoms with Crippen LogP contribution in [0.5, 0.6) is 0 Å². The number of carbonyl (C=O) groups is 1. The van der Waals surface area contributed by atoms with Gasteiger partial charge in [-0.1, -0.05) is 28.1 Å². The Morgan fingerprint density at radius 1 is 1.21 bits per heavy atom. The number of furan rings is 1. The van der Waals surface area contributed by atoms with Crippen LogP contribution in [0.25, 0.3) is 22.3 Å². The number of aliphatic hydroxyl groups is 1. The lowest BCUT2D eigenvalue weighted by atomic mass is 10.00. The fraction of sp³-hybridized carbons (Fsp3) is 0.250. The Labute approximate surface area is 230 Å². The third kappa shape index (κ3) is 5.26. The highest BCUT2D eigenvalue weighted by molar-refractivity contribution is 9.10. The topological polar surface area (TPSA) is 106 Å². The van der Waals surface area contributed by atoms with Gasteiger partial charge in [-0.15, -0.1) is 0 Å². The molecule has 198 valence electrons. The average molecular weight is 600 g/mol. The number of aliphatic hydroxyl groups excluding tert-OH is 1. The molecule has 7 nitrogen and oxygen atoms in total. The number of hydrogen-bond acceptors (Lipinski definition) is 5. The van der Waals surface area contributed by atoms with Crippen LogP contribution in [0.3, 0.4) is 0 Å². The van der Waals surface area contributed by atoms with E-state index in [0.717, 1.165) is 34.0 Å². The van der Waals surface area contributed by atoms with Gasteiger partial charge in [-0.2, -0.15) is 0 Å². The third-order valence-electron chi connectivity index (χ3n) is 6.68. The second-order valence-corrected chi connectivity index (χ2v) is 11.0. The van der Waals surface area contributed by atoms with Gasteiger partial charge in [0.25, 0.3) is 5.91 Å². The molecule has 1 aliphatic rings. The number of amides is 1. The molecule has 0 saturated heterocycles. The van der Waals surface area contributed by atoms with Gasteiger partial charge in [-0.25, -0.2) is 4.39 Å². The van der Waals surface area contributed by atoms with Gasteiger partial charge in [0.05, 0.1) is 17.8 Å². The SMILES string of the molecule is CNC(=O)c1c(-c2ccc(F)cc2)oc2cc(N(Cc3ccc(Br)c(CCO)c3)S(=O)[O-])c(C3CC3)cc12. The highest BCUT2D eigenvalue weighted by Crippen LogP contribution is 2.48. The predicted molar refractivity (Wildman–Crippen MR) is 147 cm³/mol. The molecule has 4 aromatic rings.